The number of piperidine rings is 1. The number of morpholine rings is 1. The van der Waals surface area contributed by atoms with Gasteiger partial charge in [0.1, 0.15) is 0 Å². The van der Waals surface area contributed by atoms with E-state index >= 15 is 0 Å². The van der Waals surface area contributed by atoms with Crippen molar-refractivity contribution < 1.29 is 14.3 Å². The molecule has 1 aromatic carbocycles. The lowest BCUT2D eigenvalue weighted by Crippen LogP contribution is -2.50. The van der Waals surface area contributed by atoms with Gasteiger partial charge in [-0.25, -0.2) is 0 Å². The molecule has 2 fully saturated rings. The number of hydrogen-bond donors (Lipinski definition) is 1. The summed E-state index contributed by atoms with van der Waals surface area (Å²) in [6.45, 7) is 6.76. The molecule has 0 saturated carbocycles. The van der Waals surface area contributed by atoms with Gasteiger partial charge in [-0.3, -0.25) is 9.59 Å². The fourth-order valence-electron chi connectivity index (χ4n) is 3.61. The van der Waals surface area contributed by atoms with Crippen LogP contribution in [0.4, 0.5) is 5.69 Å². The molecule has 3 rings (SSSR count). The SMILES string of the molecule is CC1CN(C(=O)c2ccc(N3CCCC(C(N)=O)C3)cc2)C(C)CO1. The fraction of sp³-hybridized carbons (Fsp3) is 0.579. The van der Waals surface area contributed by atoms with Crippen molar-refractivity contribution in [1.29, 1.82) is 0 Å². The van der Waals surface area contributed by atoms with Gasteiger partial charge >= 0.3 is 0 Å². The van der Waals surface area contributed by atoms with Crippen molar-refractivity contribution >= 4 is 17.5 Å². The highest BCUT2D eigenvalue weighted by atomic mass is 16.5. The average Bonchev–Trinajstić information content (AvgIpc) is 2.63. The van der Waals surface area contributed by atoms with Crippen LogP contribution in [-0.4, -0.2) is 55.1 Å². The Morgan fingerprint density at radius 3 is 2.56 bits per heavy atom. The summed E-state index contributed by atoms with van der Waals surface area (Å²) in [5.74, 6) is -0.277. The smallest absolute Gasteiger partial charge is 0.254 e. The molecule has 0 aliphatic carbocycles. The van der Waals surface area contributed by atoms with E-state index in [0.717, 1.165) is 25.1 Å². The minimum Gasteiger partial charge on any atom is -0.375 e. The van der Waals surface area contributed by atoms with Gasteiger partial charge in [-0.15, -0.1) is 0 Å². The number of amides is 2. The maximum Gasteiger partial charge on any atom is 0.254 e. The number of rotatable bonds is 3. The lowest BCUT2D eigenvalue weighted by atomic mass is 9.97. The van der Waals surface area contributed by atoms with E-state index in [-0.39, 0.29) is 29.9 Å². The minimum atomic E-state index is -0.230. The molecule has 2 aliphatic rings. The Labute approximate surface area is 148 Å². The number of ether oxygens (including phenoxy) is 1. The van der Waals surface area contributed by atoms with Crippen molar-refractivity contribution in [3.8, 4) is 0 Å². The van der Waals surface area contributed by atoms with Crippen LogP contribution in [0.1, 0.15) is 37.0 Å². The van der Waals surface area contributed by atoms with Crippen molar-refractivity contribution in [3.63, 3.8) is 0 Å². The largest absolute Gasteiger partial charge is 0.375 e. The molecule has 3 atom stereocenters. The van der Waals surface area contributed by atoms with E-state index < -0.39 is 0 Å². The lowest BCUT2D eigenvalue weighted by molar-refractivity contribution is -0.122. The number of hydrogen-bond acceptors (Lipinski definition) is 4. The van der Waals surface area contributed by atoms with Crippen LogP contribution in [0.25, 0.3) is 0 Å². The molecule has 2 aliphatic heterocycles. The molecule has 2 amide bonds. The maximum atomic E-state index is 12.8. The predicted octanol–water partition coefficient (Wildman–Crippen LogP) is 1.64. The number of nitrogens with zero attached hydrogens (tertiary/aromatic N) is 2. The highest BCUT2D eigenvalue weighted by molar-refractivity contribution is 5.95. The molecular weight excluding hydrogens is 318 g/mol. The van der Waals surface area contributed by atoms with Gasteiger partial charge in [0.05, 0.1) is 24.7 Å². The highest BCUT2D eigenvalue weighted by Crippen LogP contribution is 2.24. The number of carbonyl (C=O) groups is 2. The standard InChI is InChI=1S/C19H27N3O3/c1-13-12-25-14(2)10-22(13)19(24)15-5-7-17(8-6-15)21-9-3-4-16(11-21)18(20)23/h5-8,13-14,16H,3-4,9-12H2,1-2H3,(H2,20,23). The molecule has 0 bridgehead atoms. The van der Waals surface area contributed by atoms with Crippen molar-refractivity contribution in [1.82, 2.24) is 4.90 Å². The molecule has 25 heavy (non-hydrogen) atoms. The van der Waals surface area contributed by atoms with Crippen LogP contribution < -0.4 is 10.6 Å². The monoisotopic (exact) mass is 345 g/mol. The van der Waals surface area contributed by atoms with Gasteiger partial charge in [0.2, 0.25) is 5.91 Å². The van der Waals surface area contributed by atoms with Crippen LogP contribution in [0.3, 0.4) is 0 Å². The molecule has 2 saturated heterocycles. The molecule has 1 aromatic rings. The van der Waals surface area contributed by atoms with Crippen molar-refractivity contribution in [2.75, 3.05) is 31.1 Å². The van der Waals surface area contributed by atoms with Gasteiger partial charge in [0, 0.05) is 30.9 Å². The topological polar surface area (TPSA) is 75.9 Å². The molecule has 0 spiro atoms. The van der Waals surface area contributed by atoms with Crippen molar-refractivity contribution in [2.45, 2.75) is 38.8 Å². The molecule has 3 unspecified atom stereocenters. The van der Waals surface area contributed by atoms with E-state index in [9.17, 15) is 9.59 Å². The minimum absolute atomic E-state index is 0.0443. The third-order valence-electron chi connectivity index (χ3n) is 5.17. The summed E-state index contributed by atoms with van der Waals surface area (Å²) < 4.78 is 5.60. The van der Waals surface area contributed by atoms with Crippen LogP contribution >= 0.6 is 0 Å². The summed E-state index contributed by atoms with van der Waals surface area (Å²) in [7, 11) is 0. The zero-order valence-electron chi connectivity index (χ0n) is 15.0. The first-order valence-electron chi connectivity index (χ1n) is 9.02. The Bertz CT molecular complexity index is 631. The van der Waals surface area contributed by atoms with Gasteiger partial charge in [-0.2, -0.15) is 0 Å². The third kappa shape index (κ3) is 3.95. The first-order valence-corrected chi connectivity index (χ1v) is 9.02. The van der Waals surface area contributed by atoms with Gasteiger partial charge in [0.25, 0.3) is 5.91 Å². The molecular formula is C19H27N3O3. The summed E-state index contributed by atoms with van der Waals surface area (Å²) in [6.07, 6.45) is 1.88. The molecule has 6 heteroatoms. The summed E-state index contributed by atoms with van der Waals surface area (Å²) >= 11 is 0. The molecule has 0 radical (unpaired) electrons. The van der Waals surface area contributed by atoms with Crippen molar-refractivity contribution in [3.05, 3.63) is 29.8 Å². The third-order valence-corrected chi connectivity index (χ3v) is 5.17. The number of carbonyl (C=O) groups excluding carboxylic acids is 2. The highest BCUT2D eigenvalue weighted by Gasteiger charge is 2.28. The quantitative estimate of drug-likeness (QED) is 0.903. The van der Waals surface area contributed by atoms with Crippen LogP contribution in [0.15, 0.2) is 24.3 Å². The number of benzene rings is 1. The zero-order valence-corrected chi connectivity index (χ0v) is 15.0. The second kappa shape index (κ2) is 7.44. The van der Waals surface area contributed by atoms with E-state index in [1.54, 1.807) is 0 Å². The van der Waals surface area contributed by atoms with Crippen LogP contribution in [0, 0.1) is 5.92 Å². The maximum absolute atomic E-state index is 12.8. The molecule has 136 valence electrons. The Morgan fingerprint density at radius 2 is 1.88 bits per heavy atom. The molecule has 2 heterocycles. The van der Waals surface area contributed by atoms with E-state index in [4.69, 9.17) is 10.5 Å². The normalized spacial score (nSPS) is 27.2. The Kier molecular flexibility index (Phi) is 5.27. The van der Waals surface area contributed by atoms with Gasteiger partial charge in [0.15, 0.2) is 0 Å². The summed E-state index contributed by atoms with van der Waals surface area (Å²) in [6, 6.07) is 7.76. The van der Waals surface area contributed by atoms with Gasteiger partial charge in [-0.05, 0) is 51.0 Å². The molecule has 6 nitrogen and oxygen atoms in total. The van der Waals surface area contributed by atoms with E-state index in [0.29, 0.717) is 25.3 Å². The second-order valence-electron chi connectivity index (χ2n) is 7.18. The lowest BCUT2D eigenvalue weighted by Gasteiger charge is -2.37. The number of nitrogens with two attached hydrogens (primary N) is 1. The number of primary amides is 1. The first kappa shape index (κ1) is 17.7. The first-order chi connectivity index (χ1) is 12.0. The van der Waals surface area contributed by atoms with E-state index in [2.05, 4.69) is 4.90 Å². The second-order valence-corrected chi connectivity index (χ2v) is 7.18. The Morgan fingerprint density at radius 1 is 1.16 bits per heavy atom. The van der Waals surface area contributed by atoms with Crippen LogP contribution in [0.5, 0.6) is 0 Å². The van der Waals surface area contributed by atoms with Gasteiger partial charge < -0.3 is 20.3 Å². The van der Waals surface area contributed by atoms with E-state index in [1.165, 1.54) is 0 Å². The predicted molar refractivity (Wildman–Crippen MR) is 96.5 cm³/mol. The van der Waals surface area contributed by atoms with Crippen LogP contribution in [0.2, 0.25) is 0 Å². The molecule has 0 aromatic heterocycles. The summed E-state index contributed by atoms with van der Waals surface area (Å²) in [5.41, 5.74) is 7.17. The summed E-state index contributed by atoms with van der Waals surface area (Å²) in [5, 5.41) is 0. The fourth-order valence-corrected chi connectivity index (χ4v) is 3.61. The molecule has 2 N–H and O–H groups in total. The van der Waals surface area contributed by atoms with Crippen molar-refractivity contribution in [2.24, 2.45) is 11.7 Å². The summed E-state index contributed by atoms with van der Waals surface area (Å²) in [4.78, 5) is 28.3. The van der Waals surface area contributed by atoms with E-state index in [1.807, 2.05) is 43.0 Å². The van der Waals surface area contributed by atoms with Crippen LogP contribution in [-0.2, 0) is 9.53 Å². The average molecular weight is 345 g/mol. The number of anilines is 1. The van der Waals surface area contributed by atoms with Gasteiger partial charge in [-0.1, -0.05) is 0 Å². The Hall–Kier alpha value is -2.08. The Balaban J connectivity index is 1.69. The zero-order chi connectivity index (χ0) is 18.0.